The molecule has 1 aromatic heterocycles. The molecule has 2 N–H and O–H groups in total. The van der Waals surface area contributed by atoms with Crippen LogP contribution in [0, 0.1) is 5.82 Å². The quantitative estimate of drug-likeness (QED) is 0.764. The lowest BCUT2D eigenvalue weighted by Crippen LogP contribution is -2.19. The summed E-state index contributed by atoms with van der Waals surface area (Å²) in [6.45, 7) is 0. The van der Waals surface area contributed by atoms with Gasteiger partial charge in [0.15, 0.2) is 5.58 Å². The van der Waals surface area contributed by atoms with Gasteiger partial charge in [-0.1, -0.05) is 0 Å². The molecule has 6 nitrogen and oxygen atoms in total. The minimum Gasteiger partial charge on any atom is -0.408 e. The van der Waals surface area contributed by atoms with Gasteiger partial charge in [-0.3, -0.25) is 4.57 Å². The van der Waals surface area contributed by atoms with Crippen LogP contribution in [0.4, 0.5) is 20.6 Å². The Bertz CT molecular complexity index is 897. The summed E-state index contributed by atoms with van der Waals surface area (Å²) in [6, 6.07) is 9.81. The maximum atomic E-state index is 12.8. The Kier molecular flexibility index (Phi) is 3.38. The number of carbonyl (C=O) groups excluding carboxylic acids is 1. The molecule has 0 radical (unpaired) electrons. The van der Waals surface area contributed by atoms with E-state index < -0.39 is 11.8 Å². The van der Waals surface area contributed by atoms with E-state index in [0.717, 1.165) is 0 Å². The third-order valence-electron chi connectivity index (χ3n) is 3.15. The van der Waals surface area contributed by atoms with Crippen molar-refractivity contribution in [3.63, 3.8) is 0 Å². The molecule has 0 saturated heterocycles. The van der Waals surface area contributed by atoms with E-state index in [9.17, 15) is 14.0 Å². The zero-order chi connectivity index (χ0) is 15.7. The molecule has 2 aromatic carbocycles. The summed E-state index contributed by atoms with van der Waals surface area (Å²) in [4.78, 5) is 23.3. The summed E-state index contributed by atoms with van der Waals surface area (Å²) in [5.74, 6) is -0.849. The van der Waals surface area contributed by atoms with E-state index >= 15 is 0 Å². The van der Waals surface area contributed by atoms with Crippen LogP contribution in [0.2, 0.25) is 0 Å². The molecule has 0 bridgehead atoms. The molecule has 0 atom stereocenters. The fourth-order valence-corrected chi connectivity index (χ4v) is 2.04. The number of hydrogen-bond donors (Lipinski definition) is 2. The van der Waals surface area contributed by atoms with Crippen molar-refractivity contribution in [1.82, 2.24) is 4.57 Å². The van der Waals surface area contributed by atoms with Crippen LogP contribution < -0.4 is 16.4 Å². The maximum Gasteiger partial charge on any atom is 0.419 e. The second-order valence-electron chi connectivity index (χ2n) is 4.70. The van der Waals surface area contributed by atoms with Crippen molar-refractivity contribution in [3.05, 3.63) is 58.8 Å². The van der Waals surface area contributed by atoms with Gasteiger partial charge in [0.2, 0.25) is 0 Å². The number of nitrogens with zero attached hydrogens (tertiary/aromatic N) is 1. The number of oxazole rings is 1. The highest BCUT2D eigenvalue weighted by atomic mass is 19.1. The molecule has 0 aliphatic carbocycles. The summed E-state index contributed by atoms with van der Waals surface area (Å²) < 4.78 is 19.2. The van der Waals surface area contributed by atoms with Crippen molar-refractivity contribution in [3.8, 4) is 0 Å². The number of rotatable bonds is 2. The smallest absolute Gasteiger partial charge is 0.408 e. The van der Waals surface area contributed by atoms with Crippen LogP contribution in [0.25, 0.3) is 11.1 Å². The molecule has 0 fully saturated rings. The molecule has 0 aliphatic heterocycles. The number of amides is 2. The van der Waals surface area contributed by atoms with E-state index in [4.69, 9.17) is 4.42 Å². The molecular formula is C15H12FN3O3. The van der Waals surface area contributed by atoms with E-state index in [1.807, 2.05) is 0 Å². The van der Waals surface area contributed by atoms with Gasteiger partial charge in [-0.2, -0.15) is 0 Å². The zero-order valence-corrected chi connectivity index (χ0v) is 11.6. The van der Waals surface area contributed by atoms with Crippen molar-refractivity contribution in [2.24, 2.45) is 7.05 Å². The minimum absolute atomic E-state index is 0.379. The summed E-state index contributed by atoms with van der Waals surface area (Å²) in [5, 5.41) is 5.18. The Balaban J connectivity index is 1.76. The van der Waals surface area contributed by atoms with Crippen molar-refractivity contribution in [2.75, 3.05) is 10.6 Å². The van der Waals surface area contributed by atoms with Crippen molar-refractivity contribution in [1.29, 1.82) is 0 Å². The summed E-state index contributed by atoms with van der Waals surface area (Å²) in [7, 11) is 1.60. The van der Waals surface area contributed by atoms with Crippen molar-refractivity contribution >= 4 is 28.5 Å². The third kappa shape index (κ3) is 2.69. The number of aryl methyl sites for hydroxylation is 1. The van der Waals surface area contributed by atoms with E-state index in [-0.39, 0.29) is 5.82 Å². The Hall–Kier alpha value is -3.09. The largest absolute Gasteiger partial charge is 0.419 e. The minimum atomic E-state index is -0.482. The second kappa shape index (κ2) is 5.36. The lowest BCUT2D eigenvalue weighted by molar-refractivity contribution is 0.262. The van der Waals surface area contributed by atoms with Gasteiger partial charge in [0.05, 0.1) is 5.52 Å². The SMILES string of the molecule is Cn1c(=O)oc2cc(NC(=O)Nc3ccc(F)cc3)ccc21. The number of nitrogens with one attached hydrogen (secondary N) is 2. The van der Waals surface area contributed by atoms with E-state index in [2.05, 4.69) is 10.6 Å². The number of carbonyl (C=O) groups is 1. The molecule has 112 valence electrons. The Morgan fingerprint density at radius 2 is 1.73 bits per heavy atom. The first-order valence-corrected chi connectivity index (χ1v) is 6.46. The van der Waals surface area contributed by atoms with Crippen LogP contribution in [0.15, 0.2) is 51.7 Å². The molecule has 1 heterocycles. The second-order valence-corrected chi connectivity index (χ2v) is 4.70. The number of urea groups is 1. The van der Waals surface area contributed by atoms with Crippen LogP contribution >= 0.6 is 0 Å². The highest BCUT2D eigenvalue weighted by Crippen LogP contribution is 2.18. The van der Waals surface area contributed by atoms with Crippen LogP contribution in [-0.4, -0.2) is 10.6 Å². The standard InChI is InChI=1S/C15H12FN3O3/c1-19-12-7-6-11(8-13(12)22-15(19)21)18-14(20)17-10-4-2-9(16)3-5-10/h2-8H,1H3,(H2,17,18,20). The topological polar surface area (TPSA) is 76.3 Å². The van der Waals surface area contributed by atoms with Gasteiger partial charge >= 0.3 is 11.8 Å². The highest BCUT2D eigenvalue weighted by molar-refractivity contribution is 6.00. The number of fused-ring (bicyclic) bond motifs is 1. The predicted molar refractivity (Wildman–Crippen MR) is 80.5 cm³/mol. The molecule has 3 aromatic rings. The Morgan fingerprint density at radius 3 is 2.45 bits per heavy atom. The van der Waals surface area contributed by atoms with Crippen molar-refractivity contribution in [2.45, 2.75) is 0 Å². The van der Waals surface area contributed by atoms with Crippen LogP contribution in [0.3, 0.4) is 0 Å². The number of halogens is 1. The summed E-state index contributed by atoms with van der Waals surface area (Å²) >= 11 is 0. The van der Waals surface area contributed by atoms with Gasteiger partial charge in [0, 0.05) is 24.5 Å². The van der Waals surface area contributed by atoms with Crippen molar-refractivity contribution < 1.29 is 13.6 Å². The van der Waals surface area contributed by atoms with Gasteiger partial charge in [0.1, 0.15) is 5.82 Å². The normalized spacial score (nSPS) is 10.6. The molecule has 0 unspecified atom stereocenters. The van der Waals surface area contributed by atoms with Gasteiger partial charge in [-0.25, -0.2) is 14.0 Å². The number of aromatic nitrogens is 1. The predicted octanol–water partition coefficient (Wildman–Crippen LogP) is 2.91. The molecule has 7 heteroatoms. The van der Waals surface area contributed by atoms with Gasteiger partial charge in [-0.05, 0) is 36.4 Å². The van der Waals surface area contributed by atoms with Crippen LogP contribution in [0.1, 0.15) is 0 Å². The van der Waals surface area contributed by atoms with E-state index in [1.54, 1.807) is 25.2 Å². The summed E-state index contributed by atoms with van der Waals surface area (Å²) in [5.41, 5.74) is 1.95. The van der Waals surface area contributed by atoms with Crippen LogP contribution in [0.5, 0.6) is 0 Å². The lowest BCUT2D eigenvalue weighted by Gasteiger charge is -2.07. The van der Waals surface area contributed by atoms with Gasteiger partial charge in [-0.15, -0.1) is 0 Å². The first-order chi connectivity index (χ1) is 10.5. The molecule has 0 saturated carbocycles. The lowest BCUT2D eigenvalue weighted by atomic mass is 10.3. The number of benzene rings is 2. The van der Waals surface area contributed by atoms with Gasteiger partial charge < -0.3 is 15.1 Å². The molecule has 2 amide bonds. The fourth-order valence-electron chi connectivity index (χ4n) is 2.04. The number of anilines is 2. The molecule has 0 aliphatic rings. The molecule has 22 heavy (non-hydrogen) atoms. The molecular weight excluding hydrogens is 289 g/mol. The highest BCUT2D eigenvalue weighted by Gasteiger charge is 2.08. The molecule has 0 spiro atoms. The Morgan fingerprint density at radius 1 is 1.09 bits per heavy atom. The average molecular weight is 301 g/mol. The van der Waals surface area contributed by atoms with E-state index in [0.29, 0.717) is 22.5 Å². The van der Waals surface area contributed by atoms with Gasteiger partial charge in [0.25, 0.3) is 0 Å². The summed E-state index contributed by atoms with van der Waals surface area (Å²) in [6.07, 6.45) is 0. The molecule has 3 rings (SSSR count). The monoisotopic (exact) mass is 301 g/mol. The average Bonchev–Trinajstić information content (AvgIpc) is 2.76. The first kappa shape index (κ1) is 13.9. The fraction of sp³-hybridized carbons (Fsp3) is 0.0667. The third-order valence-corrected chi connectivity index (χ3v) is 3.15. The van der Waals surface area contributed by atoms with E-state index in [1.165, 1.54) is 28.8 Å². The first-order valence-electron chi connectivity index (χ1n) is 6.46. The maximum absolute atomic E-state index is 12.8. The Labute approximate surface area is 124 Å². The number of hydrogen-bond acceptors (Lipinski definition) is 3. The zero-order valence-electron chi connectivity index (χ0n) is 11.6. The van der Waals surface area contributed by atoms with Crippen LogP contribution in [-0.2, 0) is 7.05 Å².